The number of aromatic hydroxyl groups is 1. The summed E-state index contributed by atoms with van der Waals surface area (Å²) in [4.78, 5) is 11.1. The third kappa shape index (κ3) is 6.00. The van der Waals surface area contributed by atoms with Crippen molar-refractivity contribution in [2.45, 2.75) is 23.4 Å². The Hall–Kier alpha value is -3.86. The summed E-state index contributed by atoms with van der Waals surface area (Å²) in [6, 6.07) is 6.22. The predicted octanol–water partition coefficient (Wildman–Crippen LogP) is 8.23. The van der Waals surface area contributed by atoms with E-state index in [-0.39, 0.29) is 40.3 Å². The molecule has 0 amide bonds. The quantitative estimate of drug-likeness (QED) is 0.143. The molecular weight excluding hydrogens is 639 g/mol. The molecule has 0 bridgehead atoms. The summed E-state index contributed by atoms with van der Waals surface area (Å²) < 4.78 is 130. The van der Waals surface area contributed by atoms with Crippen molar-refractivity contribution < 1.29 is 59.3 Å². The average molecular weight is 657 g/mol. The highest BCUT2D eigenvalue weighted by Crippen LogP contribution is 2.53. The smallest absolute Gasteiger partial charge is 0.435 e. The van der Waals surface area contributed by atoms with E-state index in [4.69, 9.17) is 9.84 Å². The molecule has 0 fully saturated rings. The molecule has 1 aliphatic rings. The SMILES string of the molecule is COc1cc(C(=O)O)c(F)cc1NSC1=CSC(c2ccc(-c3ccc(C(F)(C(F)(F)F)C(F)(F)F)cc3)c(O)c2F)N1. The molecule has 0 spiro atoms. The van der Waals surface area contributed by atoms with E-state index < -0.39 is 57.9 Å². The van der Waals surface area contributed by atoms with E-state index in [2.05, 4.69) is 10.0 Å². The summed E-state index contributed by atoms with van der Waals surface area (Å²) >= 11 is 1.98. The van der Waals surface area contributed by atoms with Gasteiger partial charge in [0.05, 0.1) is 23.4 Å². The van der Waals surface area contributed by atoms with Gasteiger partial charge in [0.2, 0.25) is 0 Å². The maximum atomic E-state index is 15.2. The van der Waals surface area contributed by atoms with Crippen molar-refractivity contribution in [2.24, 2.45) is 0 Å². The largest absolute Gasteiger partial charge is 0.504 e. The van der Waals surface area contributed by atoms with Crippen molar-refractivity contribution in [1.82, 2.24) is 5.32 Å². The lowest BCUT2D eigenvalue weighted by molar-refractivity contribution is -0.348. The summed E-state index contributed by atoms with van der Waals surface area (Å²) in [6.45, 7) is 0. The van der Waals surface area contributed by atoms with Gasteiger partial charge in [0.1, 0.15) is 16.9 Å². The van der Waals surface area contributed by atoms with Crippen LogP contribution in [0.1, 0.15) is 26.9 Å². The number of nitrogens with one attached hydrogen (secondary N) is 2. The van der Waals surface area contributed by atoms with E-state index in [1.165, 1.54) is 19.2 Å². The van der Waals surface area contributed by atoms with Crippen molar-refractivity contribution in [3.63, 3.8) is 0 Å². The number of hydrogen-bond donors (Lipinski definition) is 4. The lowest BCUT2D eigenvalue weighted by atomic mass is 9.92. The molecular formula is C26H17F9N2O4S2. The van der Waals surface area contributed by atoms with Crippen molar-refractivity contribution in [3.05, 3.63) is 87.3 Å². The van der Waals surface area contributed by atoms with E-state index in [0.717, 1.165) is 35.8 Å². The Bertz CT molecular complexity index is 1560. The van der Waals surface area contributed by atoms with Crippen LogP contribution in [-0.2, 0) is 5.67 Å². The van der Waals surface area contributed by atoms with Crippen LogP contribution in [0.4, 0.5) is 45.2 Å². The van der Waals surface area contributed by atoms with Gasteiger partial charge in [-0.15, -0.1) is 11.8 Å². The van der Waals surface area contributed by atoms with Gasteiger partial charge in [-0.25, -0.2) is 18.0 Å². The molecule has 0 aromatic heterocycles. The number of rotatable bonds is 8. The second-order valence-electron chi connectivity index (χ2n) is 8.78. The Labute approximate surface area is 245 Å². The fourth-order valence-electron chi connectivity index (χ4n) is 3.99. The van der Waals surface area contributed by atoms with Crippen molar-refractivity contribution >= 4 is 35.4 Å². The van der Waals surface area contributed by atoms with Gasteiger partial charge in [-0.1, -0.05) is 36.4 Å². The lowest BCUT2D eigenvalue weighted by Crippen LogP contribution is -2.50. The fraction of sp³-hybridized carbons (Fsp3) is 0.192. The maximum absolute atomic E-state index is 15.2. The zero-order chi connectivity index (χ0) is 31.9. The number of aromatic carboxylic acids is 1. The summed E-state index contributed by atoms with van der Waals surface area (Å²) in [5.41, 5.74) is -8.40. The van der Waals surface area contributed by atoms with Crippen LogP contribution in [0.5, 0.6) is 11.5 Å². The van der Waals surface area contributed by atoms with Gasteiger partial charge in [-0.3, -0.25) is 0 Å². The van der Waals surface area contributed by atoms with Gasteiger partial charge in [-0.05, 0) is 11.6 Å². The topological polar surface area (TPSA) is 90.8 Å². The fourth-order valence-corrected chi connectivity index (χ4v) is 5.83. The molecule has 0 saturated carbocycles. The monoisotopic (exact) mass is 656 g/mol. The van der Waals surface area contributed by atoms with Crippen LogP contribution in [0.15, 0.2) is 59.0 Å². The Morgan fingerprint density at radius 1 is 1.00 bits per heavy atom. The number of benzene rings is 3. The molecule has 6 nitrogen and oxygen atoms in total. The number of alkyl halides is 7. The van der Waals surface area contributed by atoms with Crippen LogP contribution in [0.3, 0.4) is 0 Å². The van der Waals surface area contributed by atoms with Crippen LogP contribution in [-0.4, -0.2) is 35.6 Å². The summed E-state index contributed by atoms with van der Waals surface area (Å²) in [6.07, 6.45) is -12.6. The van der Waals surface area contributed by atoms with E-state index in [0.29, 0.717) is 17.2 Å². The van der Waals surface area contributed by atoms with Crippen molar-refractivity contribution in [3.8, 4) is 22.6 Å². The molecule has 0 radical (unpaired) electrons. The molecule has 1 aliphatic heterocycles. The molecule has 0 saturated heterocycles. The van der Waals surface area contributed by atoms with Crippen LogP contribution < -0.4 is 14.8 Å². The molecule has 4 N–H and O–H groups in total. The summed E-state index contributed by atoms with van der Waals surface area (Å²) in [5, 5.41) is 23.6. The summed E-state index contributed by atoms with van der Waals surface area (Å²) in [5.74, 6) is -4.58. The molecule has 230 valence electrons. The molecule has 1 heterocycles. The molecule has 17 heteroatoms. The summed E-state index contributed by atoms with van der Waals surface area (Å²) in [7, 11) is 1.25. The van der Waals surface area contributed by atoms with Crippen molar-refractivity contribution in [2.75, 3.05) is 11.8 Å². The average Bonchev–Trinajstić information content (AvgIpc) is 3.40. The third-order valence-electron chi connectivity index (χ3n) is 6.18. The molecule has 1 unspecified atom stereocenters. The third-order valence-corrected chi connectivity index (χ3v) is 8.12. The number of thioether (sulfide) groups is 1. The Balaban J connectivity index is 1.49. The number of methoxy groups -OCH3 is 1. The Morgan fingerprint density at radius 2 is 1.63 bits per heavy atom. The van der Waals surface area contributed by atoms with E-state index in [1.807, 2.05) is 0 Å². The highest BCUT2D eigenvalue weighted by molar-refractivity contribution is 8.07. The van der Waals surface area contributed by atoms with E-state index in [1.54, 1.807) is 5.41 Å². The van der Waals surface area contributed by atoms with Gasteiger partial charge < -0.3 is 25.0 Å². The predicted molar refractivity (Wildman–Crippen MR) is 141 cm³/mol. The van der Waals surface area contributed by atoms with Gasteiger partial charge in [0, 0.05) is 40.1 Å². The number of carbonyl (C=O) groups is 1. The zero-order valence-corrected chi connectivity index (χ0v) is 22.8. The number of ether oxygens (including phenoxy) is 1. The molecule has 3 aromatic rings. The lowest BCUT2D eigenvalue weighted by Gasteiger charge is -2.30. The number of phenols is 1. The van der Waals surface area contributed by atoms with Crippen LogP contribution in [0.2, 0.25) is 0 Å². The highest BCUT2D eigenvalue weighted by atomic mass is 32.2. The number of anilines is 1. The Morgan fingerprint density at radius 3 is 2.19 bits per heavy atom. The zero-order valence-electron chi connectivity index (χ0n) is 21.2. The minimum absolute atomic E-state index is 0.0303. The minimum atomic E-state index is -6.30. The van der Waals surface area contributed by atoms with Crippen molar-refractivity contribution in [1.29, 1.82) is 0 Å². The Kier molecular flexibility index (Phi) is 8.70. The van der Waals surface area contributed by atoms with E-state index >= 15 is 4.39 Å². The van der Waals surface area contributed by atoms with Gasteiger partial charge in [0.15, 0.2) is 11.6 Å². The number of halogens is 9. The minimum Gasteiger partial charge on any atom is -0.504 e. The second kappa shape index (κ2) is 11.7. The maximum Gasteiger partial charge on any atom is 0.435 e. The van der Waals surface area contributed by atoms with Crippen LogP contribution >= 0.6 is 23.7 Å². The first-order chi connectivity index (χ1) is 20.0. The first kappa shape index (κ1) is 32.1. The molecule has 3 aromatic carbocycles. The molecule has 4 rings (SSSR count). The molecule has 43 heavy (non-hydrogen) atoms. The number of hydrogen-bond acceptors (Lipinski definition) is 7. The van der Waals surface area contributed by atoms with E-state index in [9.17, 15) is 45.0 Å². The normalized spacial score (nSPS) is 15.6. The molecule has 1 atom stereocenters. The second-order valence-corrected chi connectivity index (χ2v) is 10.6. The number of carboxylic acids is 1. The standard InChI is InChI=1S/C26H17F9N2O4S2/c1-41-18-8-15(23(39)40)16(27)9-17(18)37-43-19-10-42-22(36-19)14-7-6-13(21(38)20(14)28)11-2-4-12(5-3-11)24(29,25(30,31)32)26(33,34)35/h2-10,22,36-38H,1H3,(H,39,40). The number of carboxylic acid groups (broad SMARTS) is 1. The van der Waals surface area contributed by atoms with Gasteiger partial charge >= 0.3 is 24.0 Å². The van der Waals surface area contributed by atoms with Crippen LogP contribution in [0, 0.1) is 11.6 Å². The van der Waals surface area contributed by atoms with Gasteiger partial charge in [0.25, 0.3) is 0 Å². The van der Waals surface area contributed by atoms with Crippen LogP contribution in [0.25, 0.3) is 11.1 Å². The van der Waals surface area contributed by atoms with Gasteiger partial charge in [-0.2, -0.15) is 26.3 Å². The number of phenolic OH excluding ortho intramolecular Hbond substituents is 1. The first-order valence-electron chi connectivity index (χ1n) is 11.6. The highest BCUT2D eigenvalue weighted by Gasteiger charge is 2.73. The first-order valence-corrected chi connectivity index (χ1v) is 13.4. The molecule has 0 aliphatic carbocycles.